The fourth-order valence-corrected chi connectivity index (χ4v) is 4.62. The normalized spacial score (nSPS) is 11.0. The van der Waals surface area contributed by atoms with Gasteiger partial charge in [-0.05, 0) is 72.3 Å². The van der Waals surface area contributed by atoms with E-state index in [-0.39, 0.29) is 28.1 Å². The Hall–Kier alpha value is -4.64. The van der Waals surface area contributed by atoms with Crippen LogP contribution >= 0.6 is 35.0 Å². The second kappa shape index (κ2) is 14.3. The van der Waals surface area contributed by atoms with Crippen LogP contribution in [0.1, 0.15) is 15.9 Å². The van der Waals surface area contributed by atoms with Gasteiger partial charge in [-0.1, -0.05) is 47.5 Å². The fourth-order valence-electron chi connectivity index (χ4n) is 3.57. The van der Waals surface area contributed by atoms with Gasteiger partial charge in [-0.15, -0.1) is 11.8 Å². The minimum atomic E-state index is -0.601. The van der Waals surface area contributed by atoms with Gasteiger partial charge in [0.05, 0.1) is 26.4 Å². The maximum Gasteiger partial charge on any atom is 0.272 e. The molecule has 0 bridgehead atoms. The van der Waals surface area contributed by atoms with Gasteiger partial charge in [-0.25, -0.2) is 0 Å². The number of rotatable bonds is 10. The zero-order valence-corrected chi connectivity index (χ0v) is 24.0. The largest absolute Gasteiger partial charge is 0.324 e. The van der Waals surface area contributed by atoms with Gasteiger partial charge in [0, 0.05) is 28.3 Å². The zero-order valence-electron chi connectivity index (χ0n) is 21.7. The van der Waals surface area contributed by atoms with Crippen LogP contribution in [0, 0.1) is 10.1 Å². The highest BCUT2D eigenvalue weighted by Gasteiger charge is 2.16. The molecule has 3 N–H and O–H groups in total. The number of carbonyl (C=O) groups is 3. The van der Waals surface area contributed by atoms with Gasteiger partial charge < -0.3 is 16.0 Å². The van der Waals surface area contributed by atoms with Gasteiger partial charge in [0.2, 0.25) is 5.91 Å². The molecule has 12 heteroatoms. The lowest BCUT2D eigenvalue weighted by Crippen LogP contribution is -2.30. The quantitative estimate of drug-likeness (QED) is 0.0754. The molecule has 0 fully saturated rings. The molecule has 4 rings (SSSR count). The summed E-state index contributed by atoms with van der Waals surface area (Å²) in [7, 11) is 0. The molecule has 4 aromatic carbocycles. The number of anilines is 2. The molecule has 0 radical (unpaired) electrons. The van der Waals surface area contributed by atoms with Crippen molar-refractivity contribution >= 4 is 75.8 Å². The van der Waals surface area contributed by atoms with Crippen molar-refractivity contribution in [2.45, 2.75) is 4.90 Å². The molecular weight excluding hydrogens is 599 g/mol. The van der Waals surface area contributed by atoms with Crippen molar-refractivity contribution in [3.8, 4) is 0 Å². The second-order valence-corrected chi connectivity index (χ2v) is 10.5. The lowest BCUT2D eigenvalue weighted by atomic mass is 10.1. The van der Waals surface area contributed by atoms with Gasteiger partial charge in [-0.2, -0.15) is 0 Å². The number of nitro benzene ring substituents is 1. The average molecular weight is 622 g/mol. The fraction of sp³-hybridized carbons (Fsp3) is 0.0333. The summed E-state index contributed by atoms with van der Waals surface area (Å²) in [6.45, 7) is 0. The lowest BCUT2D eigenvalue weighted by molar-refractivity contribution is -0.384. The summed E-state index contributed by atoms with van der Waals surface area (Å²) in [4.78, 5) is 49.6. The van der Waals surface area contributed by atoms with Gasteiger partial charge in [0.25, 0.3) is 17.5 Å². The molecule has 3 amide bonds. The predicted octanol–water partition coefficient (Wildman–Crippen LogP) is 7.04. The maximum absolute atomic E-state index is 13.2. The molecule has 0 saturated heterocycles. The van der Waals surface area contributed by atoms with Crippen molar-refractivity contribution < 1.29 is 19.3 Å². The summed E-state index contributed by atoms with van der Waals surface area (Å²) in [6.07, 6.45) is 1.43. The van der Waals surface area contributed by atoms with Crippen molar-refractivity contribution in [2.24, 2.45) is 0 Å². The van der Waals surface area contributed by atoms with E-state index >= 15 is 0 Å². The van der Waals surface area contributed by atoms with Crippen LogP contribution < -0.4 is 16.0 Å². The predicted molar refractivity (Wildman–Crippen MR) is 166 cm³/mol. The van der Waals surface area contributed by atoms with E-state index < -0.39 is 16.7 Å². The molecule has 0 aromatic heterocycles. The standard InChI is InChI=1S/C30H22Cl2N4O5S/c31-24-7-4-8-25(28(24)32)34-27(37)18-42-23-15-11-21(12-16-23)33-30(39)26(35-29(38)20-5-2-1-3-6-20)17-19-9-13-22(14-10-19)36(40)41/h1-17H,18H2,(H,33,39)(H,34,37)(H,35,38)/b26-17-. The van der Waals surface area contributed by atoms with Crippen LogP contribution in [0.3, 0.4) is 0 Å². The number of nitro groups is 1. The summed E-state index contributed by atoms with van der Waals surface area (Å²) in [5, 5.41) is 19.7. The Morgan fingerprint density at radius 2 is 1.52 bits per heavy atom. The highest BCUT2D eigenvalue weighted by molar-refractivity contribution is 8.00. The molecule has 0 spiro atoms. The lowest BCUT2D eigenvalue weighted by Gasteiger charge is -2.12. The third-order valence-corrected chi connectivity index (χ3v) is 7.48. The van der Waals surface area contributed by atoms with Crippen LogP contribution in [0.25, 0.3) is 6.08 Å². The number of hydrogen-bond acceptors (Lipinski definition) is 6. The Balaban J connectivity index is 1.42. The van der Waals surface area contributed by atoms with Crippen LogP contribution in [0.15, 0.2) is 108 Å². The van der Waals surface area contributed by atoms with E-state index in [1.54, 1.807) is 72.8 Å². The number of thioether (sulfide) groups is 1. The summed E-state index contributed by atoms with van der Waals surface area (Å²) >= 11 is 13.4. The average Bonchev–Trinajstić information content (AvgIpc) is 2.99. The molecule has 0 atom stereocenters. The third-order valence-electron chi connectivity index (χ3n) is 5.65. The Kier molecular flexibility index (Phi) is 10.3. The van der Waals surface area contributed by atoms with Crippen LogP contribution in [-0.2, 0) is 9.59 Å². The number of carbonyl (C=O) groups excluding carboxylic acids is 3. The number of hydrogen-bond donors (Lipinski definition) is 3. The summed E-state index contributed by atoms with van der Waals surface area (Å²) in [6, 6.07) is 25.7. The Morgan fingerprint density at radius 3 is 2.19 bits per heavy atom. The highest BCUT2D eigenvalue weighted by Crippen LogP contribution is 2.30. The first-order valence-corrected chi connectivity index (χ1v) is 14.0. The van der Waals surface area contributed by atoms with Crippen LogP contribution in [-0.4, -0.2) is 28.4 Å². The highest BCUT2D eigenvalue weighted by atomic mass is 35.5. The van der Waals surface area contributed by atoms with E-state index in [1.165, 1.54) is 42.1 Å². The molecule has 9 nitrogen and oxygen atoms in total. The van der Waals surface area contributed by atoms with Crippen molar-refractivity contribution in [1.29, 1.82) is 0 Å². The van der Waals surface area contributed by atoms with E-state index in [9.17, 15) is 24.5 Å². The van der Waals surface area contributed by atoms with Crippen LogP contribution in [0.2, 0.25) is 10.0 Å². The first kappa shape index (κ1) is 30.3. The van der Waals surface area contributed by atoms with Crippen molar-refractivity contribution in [2.75, 3.05) is 16.4 Å². The Morgan fingerprint density at radius 1 is 0.833 bits per heavy atom. The van der Waals surface area contributed by atoms with Crippen molar-refractivity contribution in [1.82, 2.24) is 5.32 Å². The number of amides is 3. The number of nitrogens with one attached hydrogen (secondary N) is 3. The van der Waals surface area contributed by atoms with Crippen LogP contribution in [0.4, 0.5) is 17.1 Å². The Bertz CT molecular complexity index is 1650. The van der Waals surface area contributed by atoms with Gasteiger partial charge in [0.1, 0.15) is 5.70 Å². The summed E-state index contributed by atoms with van der Waals surface area (Å²) in [5.41, 5.74) is 1.53. The second-order valence-electron chi connectivity index (χ2n) is 8.64. The molecule has 0 aliphatic rings. The monoisotopic (exact) mass is 620 g/mol. The zero-order chi connectivity index (χ0) is 30.1. The van der Waals surface area contributed by atoms with E-state index in [4.69, 9.17) is 23.2 Å². The molecule has 4 aromatic rings. The summed E-state index contributed by atoms with van der Waals surface area (Å²) < 4.78 is 0. The minimum absolute atomic E-state index is 0.0625. The topological polar surface area (TPSA) is 130 Å². The summed E-state index contributed by atoms with van der Waals surface area (Å²) in [5.74, 6) is -1.25. The number of benzene rings is 4. The molecule has 0 unspecified atom stereocenters. The third kappa shape index (κ3) is 8.43. The van der Waals surface area contributed by atoms with E-state index in [2.05, 4.69) is 16.0 Å². The van der Waals surface area contributed by atoms with Crippen molar-refractivity contribution in [3.63, 3.8) is 0 Å². The molecule has 0 heterocycles. The number of halogens is 2. The van der Waals surface area contributed by atoms with E-state index in [0.29, 0.717) is 27.5 Å². The molecule has 0 aliphatic carbocycles. The first-order valence-electron chi connectivity index (χ1n) is 12.3. The SMILES string of the molecule is O=C(CSc1ccc(NC(=O)/C(=C/c2ccc([N+](=O)[O-])cc2)NC(=O)c2ccccc2)cc1)Nc1cccc(Cl)c1Cl. The van der Waals surface area contributed by atoms with Gasteiger partial charge >= 0.3 is 0 Å². The maximum atomic E-state index is 13.2. The minimum Gasteiger partial charge on any atom is -0.324 e. The van der Waals surface area contributed by atoms with E-state index in [1.807, 2.05) is 0 Å². The molecule has 0 saturated carbocycles. The number of nitrogens with zero attached hydrogens (tertiary/aromatic N) is 1. The molecule has 42 heavy (non-hydrogen) atoms. The molecule has 212 valence electrons. The number of non-ortho nitro benzene ring substituents is 1. The Labute approximate surface area is 255 Å². The van der Waals surface area contributed by atoms with Gasteiger partial charge in [0.15, 0.2) is 0 Å². The van der Waals surface area contributed by atoms with Crippen molar-refractivity contribution in [3.05, 3.63) is 134 Å². The first-order chi connectivity index (χ1) is 20.2. The van der Waals surface area contributed by atoms with Crippen LogP contribution in [0.5, 0.6) is 0 Å². The molecule has 0 aliphatic heterocycles. The smallest absolute Gasteiger partial charge is 0.272 e. The molecular formula is C30H22Cl2N4O5S. The van der Waals surface area contributed by atoms with E-state index in [0.717, 1.165) is 4.90 Å². The van der Waals surface area contributed by atoms with Gasteiger partial charge in [-0.3, -0.25) is 24.5 Å².